The monoisotopic (exact) mass is 402 g/mol. The number of carbonyl (C=O) groups is 1. The lowest BCUT2D eigenvalue weighted by Crippen LogP contribution is -2.54. The number of nitrogens with two attached hydrogens (primary N) is 2. The second kappa shape index (κ2) is 8.62. The lowest BCUT2D eigenvalue weighted by Gasteiger charge is -2.37. The van der Waals surface area contributed by atoms with Crippen LogP contribution in [-0.2, 0) is 0 Å². The van der Waals surface area contributed by atoms with Crippen LogP contribution >= 0.6 is 0 Å². The first-order chi connectivity index (χ1) is 13.7. The summed E-state index contributed by atoms with van der Waals surface area (Å²) in [6, 6.07) is 7.07. The van der Waals surface area contributed by atoms with Gasteiger partial charge < -0.3 is 21.1 Å². The maximum absolute atomic E-state index is 13.9. The zero-order valence-electron chi connectivity index (χ0n) is 16.7. The molecule has 0 aliphatic carbocycles. The molecular weight excluding hydrogens is 375 g/mol. The molecule has 0 bridgehead atoms. The van der Waals surface area contributed by atoms with Crippen LogP contribution in [0.25, 0.3) is 0 Å². The van der Waals surface area contributed by atoms with E-state index in [1.54, 1.807) is 23.1 Å². The van der Waals surface area contributed by atoms with Crippen LogP contribution in [0.1, 0.15) is 13.8 Å². The third-order valence-electron chi connectivity index (χ3n) is 4.44. The maximum Gasteiger partial charge on any atom is 0.323 e. The summed E-state index contributed by atoms with van der Waals surface area (Å²) in [5, 5.41) is 2.76. The van der Waals surface area contributed by atoms with E-state index in [0.717, 1.165) is 19.6 Å². The third kappa shape index (κ3) is 6.03. The number of nitrogen functional groups attached to an aromatic ring is 1. The van der Waals surface area contributed by atoms with Crippen molar-refractivity contribution in [3.05, 3.63) is 42.3 Å². The van der Waals surface area contributed by atoms with Crippen LogP contribution in [0.15, 0.2) is 36.5 Å². The summed E-state index contributed by atoms with van der Waals surface area (Å²) in [7, 11) is 0. The van der Waals surface area contributed by atoms with Crippen LogP contribution in [0.5, 0.6) is 11.5 Å². The highest BCUT2D eigenvalue weighted by molar-refractivity contribution is 5.88. The average Bonchev–Trinajstić information content (AvgIpc) is 2.64. The number of hydrogen-bond donors (Lipinski definition) is 3. The van der Waals surface area contributed by atoms with Crippen LogP contribution in [0.4, 0.5) is 20.7 Å². The minimum Gasteiger partial charge on any atom is -0.454 e. The fraction of sp³-hybridized carbons (Fsp3) is 0.400. The maximum atomic E-state index is 13.9. The molecule has 1 fully saturated rings. The molecule has 5 N–H and O–H groups in total. The van der Waals surface area contributed by atoms with E-state index in [9.17, 15) is 9.18 Å². The predicted molar refractivity (Wildman–Crippen MR) is 110 cm³/mol. The van der Waals surface area contributed by atoms with Crippen molar-refractivity contribution in [1.29, 1.82) is 0 Å². The Morgan fingerprint density at radius 2 is 1.97 bits per heavy atom. The van der Waals surface area contributed by atoms with Gasteiger partial charge in [-0.05, 0) is 32.0 Å². The molecule has 1 saturated heterocycles. The fourth-order valence-corrected chi connectivity index (χ4v) is 3.14. The lowest BCUT2D eigenvalue weighted by molar-refractivity contribution is 0.132. The van der Waals surface area contributed by atoms with E-state index in [4.69, 9.17) is 16.2 Å². The van der Waals surface area contributed by atoms with Gasteiger partial charge in [0, 0.05) is 62.3 Å². The summed E-state index contributed by atoms with van der Waals surface area (Å²) in [5.74, 6) is 0.162. The highest BCUT2D eigenvalue weighted by Gasteiger charge is 2.24. The number of nitrogens with one attached hydrogen (secondary N) is 1. The van der Waals surface area contributed by atoms with E-state index in [1.165, 1.54) is 18.3 Å². The van der Waals surface area contributed by atoms with Crippen molar-refractivity contribution in [2.24, 2.45) is 5.73 Å². The summed E-state index contributed by atoms with van der Waals surface area (Å²) < 4.78 is 19.5. The van der Waals surface area contributed by atoms with Gasteiger partial charge in [0.05, 0.1) is 0 Å². The van der Waals surface area contributed by atoms with Crippen molar-refractivity contribution < 1.29 is 13.9 Å². The fourth-order valence-electron chi connectivity index (χ4n) is 3.14. The van der Waals surface area contributed by atoms with Crippen molar-refractivity contribution in [2.45, 2.75) is 19.4 Å². The summed E-state index contributed by atoms with van der Waals surface area (Å²) in [6.07, 6.45) is 1.49. The quantitative estimate of drug-likeness (QED) is 0.663. The van der Waals surface area contributed by atoms with E-state index in [2.05, 4.69) is 15.2 Å². The number of carbonyl (C=O) groups excluding carboxylic acids is 1. The summed E-state index contributed by atoms with van der Waals surface area (Å²) in [5.41, 5.74) is 11.7. The molecule has 2 amide bonds. The number of hydrogen-bond acceptors (Lipinski definition) is 6. The van der Waals surface area contributed by atoms with Crippen LogP contribution in [0.2, 0.25) is 0 Å². The number of halogens is 1. The number of aromatic nitrogens is 1. The van der Waals surface area contributed by atoms with Gasteiger partial charge in [-0.1, -0.05) is 0 Å². The minimum atomic E-state index is -0.564. The highest BCUT2D eigenvalue weighted by atomic mass is 19.1. The molecule has 1 aromatic carbocycles. The van der Waals surface area contributed by atoms with Crippen molar-refractivity contribution >= 4 is 17.5 Å². The number of urea groups is 1. The Morgan fingerprint density at radius 1 is 1.24 bits per heavy atom. The molecule has 0 spiro atoms. The first-order valence-corrected chi connectivity index (χ1v) is 9.46. The molecule has 8 nitrogen and oxygen atoms in total. The normalized spacial score (nSPS) is 15.2. The van der Waals surface area contributed by atoms with Gasteiger partial charge in [-0.25, -0.2) is 14.2 Å². The smallest absolute Gasteiger partial charge is 0.323 e. The number of piperazine rings is 1. The number of rotatable bonds is 5. The molecule has 156 valence electrons. The molecule has 9 heteroatoms. The molecule has 1 aromatic heterocycles. The van der Waals surface area contributed by atoms with Crippen molar-refractivity contribution in [1.82, 2.24) is 14.8 Å². The predicted octanol–water partition coefficient (Wildman–Crippen LogP) is 2.48. The molecular formula is C20H27FN6O2. The third-order valence-corrected chi connectivity index (χ3v) is 4.44. The van der Waals surface area contributed by atoms with Gasteiger partial charge in [-0.2, -0.15) is 0 Å². The Hall–Kier alpha value is -2.91. The van der Waals surface area contributed by atoms with Crippen LogP contribution in [0.3, 0.4) is 0 Å². The second-order valence-electron chi connectivity index (χ2n) is 7.85. The first kappa shape index (κ1) is 20.8. The minimum absolute atomic E-state index is 0.0432. The summed E-state index contributed by atoms with van der Waals surface area (Å²) in [6.45, 7) is 7.50. The Bertz CT molecular complexity index is 862. The van der Waals surface area contributed by atoms with Crippen LogP contribution in [-0.4, -0.2) is 59.1 Å². The molecule has 29 heavy (non-hydrogen) atoms. The van der Waals surface area contributed by atoms with E-state index in [1.807, 2.05) is 13.8 Å². The van der Waals surface area contributed by atoms with Crippen LogP contribution < -0.4 is 21.5 Å². The van der Waals surface area contributed by atoms with Crippen molar-refractivity contribution in [3.8, 4) is 11.5 Å². The molecule has 2 aromatic rings. The van der Waals surface area contributed by atoms with Gasteiger partial charge in [0.25, 0.3) is 0 Å². The Kier molecular flexibility index (Phi) is 6.19. The average molecular weight is 402 g/mol. The van der Waals surface area contributed by atoms with Gasteiger partial charge in [-0.15, -0.1) is 0 Å². The van der Waals surface area contributed by atoms with Crippen LogP contribution in [0, 0.1) is 5.82 Å². The summed E-state index contributed by atoms with van der Waals surface area (Å²) in [4.78, 5) is 20.7. The molecule has 2 heterocycles. The SMILES string of the molecule is CC(C)(N)CN1CCN(C(=O)Nc2cc(Oc3ccc(N)cc3F)ccn2)CC1. The molecule has 3 rings (SSSR count). The Morgan fingerprint density at radius 3 is 2.62 bits per heavy atom. The molecule has 0 radical (unpaired) electrons. The van der Waals surface area contributed by atoms with E-state index in [0.29, 0.717) is 30.3 Å². The highest BCUT2D eigenvalue weighted by Crippen LogP contribution is 2.26. The molecule has 0 unspecified atom stereocenters. The van der Waals surface area contributed by atoms with Crippen molar-refractivity contribution in [2.75, 3.05) is 43.8 Å². The van der Waals surface area contributed by atoms with E-state index < -0.39 is 5.82 Å². The summed E-state index contributed by atoms with van der Waals surface area (Å²) >= 11 is 0. The first-order valence-electron chi connectivity index (χ1n) is 9.46. The van der Waals surface area contributed by atoms with Gasteiger partial charge in [0.2, 0.25) is 0 Å². The zero-order chi connectivity index (χ0) is 21.0. The van der Waals surface area contributed by atoms with Crippen molar-refractivity contribution in [3.63, 3.8) is 0 Å². The topological polar surface area (TPSA) is 110 Å². The molecule has 0 saturated carbocycles. The Balaban J connectivity index is 1.57. The molecule has 1 aliphatic rings. The number of benzene rings is 1. The second-order valence-corrected chi connectivity index (χ2v) is 7.85. The lowest BCUT2D eigenvalue weighted by atomic mass is 10.1. The van der Waals surface area contributed by atoms with Gasteiger partial charge in [0.1, 0.15) is 11.6 Å². The molecule has 0 atom stereocenters. The standard InChI is InChI=1S/C20H27FN6O2/c1-20(2,23)13-26-7-9-27(10-8-26)19(28)25-18-12-15(5-6-24-18)29-17-4-3-14(22)11-16(17)21/h3-6,11-12H,7-10,13,22-23H2,1-2H3,(H,24,25,28). The largest absolute Gasteiger partial charge is 0.454 e. The zero-order valence-corrected chi connectivity index (χ0v) is 16.7. The van der Waals surface area contributed by atoms with Gasteiger partial charge >= 0.3 is 6.03 Å². The van der Waals surface area contributed by atoms with Gasteiger partial charge in [0.15, 0.2) is 11.6 Å². The van der Waals surface area contributed by atoms with Gasteiger partial charge in [-0.3, -0.25) is 10.2 Å². The molecule has 1 aliphatic heterocycles. The number of anilines is 2. The number of ether oxygens (including phenoxy) is 1. The Labute approximate surface area is 169 Å². The number of nitrogens with zero attached hydrogens (tertiary/aromatic N) is 3. The van der Waals surface area contributed by atoms with E-state index in [-0.39, 0.29) is 17.3 Å². The number of amides is 2. The van der Waals surface area contributed by atoms with E-state index >= 15 is 0 Å². The number of pyridine rings is 1.